The van der Waals surface area contributed by atoms with Crippen molar-refractivity contribution in [2.75, 3.05) is 12.3 Å². The minimum Gasteiger partial charge on any atom is -0.393 e. The Morgan fingerprint density at radius 2 is 2.00 bits per heavy atom. The van der Waals surface area contributed by atoms with Gasteiger partial charge in [-0.05, 0) is 49.8 Å². The third-order valence-corrected chi connectivity index (χ3v) is 5.03. The van der Waals surface area contributed by atoms with Gasteiger partial charge < -0.3 is 5.73 Å². The van der Waals surface area contributed by atoms with Crippen LogP contribution in [0.15, 0.2) is 18.2 Å². The fourth-order valence-corrected chi connectivity index (χ4v) is 4.03. The summed E-state index contributed by atoms with van der Waals surface area (Å²) in [5.41, 5.74) is 7.17. The van der Waals surface area contributed by atoms with Crippen molar-refractivity contribution in [2.45, 2.75) is 51.1 Å². The van der Waals surface area contributed by atoms with Crippen LogP contribution in [0, 0.1) is 16.0 Å². The molecular formula is C16H23N3O2. The molecule has 0 aromatic heterocycles. The highest BCUT2D eigenvalue weighted by Gasteiger charge is 2.33. The van der Waals surface area contributed by atoms with Crippen LogP contribution in [0.4, 0.5) is 11.4 Å². The van der Waals surface area contributed by atoms with E-state index in [2.05, 4.69) is 4.90 Å². The number of hydrogen-bond donors (Lipinski definition) is 1. The second-order valence-corrected chi connectivity index (χ2v) is 6.37. The number of piperidine rings is 1. The van der Waals surface area contributed by atoms with Crippen LogP contribution in [-0.4, -0.2) is 22.4 Å². The van der Waals surface area contributed by atoms with Crippen molar-refractivity contribution >= 4 is 11.4 Å². The number of rotatable bonds is 3. The maximum absolute atomic E-state index is 10.8. The summed E-state index contributed by atoms with van der Waals surface area (Å²) in [6, 6.07) is 5.85. The Morgan fingerprint density at radius 3 is 2.76 bits per heavy atom. The average molecular weight is 289 g/mol. The van der Waals surface area contributed by atoms with Crippen molar-refractivity contribution < 1.29 is 4.92 Å². The third kappa shape index (κ3) is 3.02. The van der Waals surface area contributed by atoms with Crippen LogP contribution < -0.4 is 5.73 Å². The van der Waals surface area contributed by atoms with E-state index >= 15 is 0 Å². The lowest BCUT2D eigenvalue weighted by atomic mass is 9.78. The molecule has 1 aromatic carbocycles. The topological polar surface area (TPSA) is 72.4 Å². The molecule has 3 rings (SSSR count). The Bertz CT molecular complexity index is 530. The number of nitrogen functional groups attached to an aromatic ring is 1. The molecule has 2 atom stereocenters. The van der Waals surface area contributed by atoms with Crippen LogP contribution >= 0.6 is 0 Å². The molecule has 5 heteroatoms. The Kier molecular flexibility index (Phi) is 4.10. The standard InChI is InChI=1S/C16H23N3O2/c17-14-10-12(7-8-16(14)19(20)21)11-18-9-3-5-13-4-1-2-6-15(13)18/h7-8,10,13,15H,1-6,9,11,17H2/t13-,15-/m1/s1. The maximum atomic E-state index is 10.8. The van der Waals surface area contributed by atoms with E-state index in [1.807, 2.05) is 6.07 Å². The minimum absolute atomic E-state index is 0.00735. The molecule has 2 fully saturated rings. The molecule has 2 N–H and O–H groups in total. The van der Waals surface area contributed by atoms with Crippen LogP contribution in [0.1, 0.15) is 44.1 Å². The predicted octanol–water partition coefficient (Wildman–Crippen LogP) is 3.33. The van der Waals surface area contributed by atoms with Crippen LogP contribution in [0.5, 0.6) is 0 Å². The molecule has 21 heavy (non-hydrogen) atoms. The second-order valence-electron chi connectivity index (χ2n) is 6.37. The Morgan fingerprint density at radius 1 is 1.24 bits per heavy atom. The van der Waals surface area contributed by atoms with Crippen molar-refractivity contribution in [2.24, 2.45) is 5.92 Å². The van der Waals surface area contributed by atoms with Gasteiger partial charge in [0.05, 0.1) is 4.92 Å². The summed E-state index contributed by atoms with van der Waals surface area (Å²) in [5.74, 6) is 0.850. The molecule has 2 aliphatic rings. The zero-order valence-corrected chi connectivity index (χ0v) is 12.3. The Labute approximate surface area is 125 Å². The summed E-state index contributed by atoms with van der Waals surface area (Å²) >= 11 is 0. The number of nitrogens with two attached hydrogens (primary N) is 1. The highest BCUT2D eigenvalue weighted by molar-refractivity contribution is 5.59. The first-order chi connectivity index (χ1) is 10.1. The first-order valence-corrected chi connectivity index (χ1v) is 7.92. The molecule has 0 spiro atoms. The highest BCUT2D eigenvalue weighted by atomic mass is 16.6. The monoisotopic (exact) mass is 289 g/mol. The molecule has 1 aliphatic heterocycles. The number of fused-ring (bicyclic) bond motifs is 1. The first-order valence-electron chi connectivity index (χ1n) is 7.92. The first kappa shape index (κ1) is 14.3. The summed E-state index contributed by atoms with van der Waals surface area (Å²) in [7, 11) is 0. The molecule has 5 nitrogen and oxygen atoms in total. The molecule has 0 unspecified atom stereocenters. The van der Waals surface area contributed by atoms with Crippen LogP contribution in [0.25, 0.3) is 0 Å². The molecule has 114 valence electrons. The molecule has 1 heterocycles. The van der Waals surface area contributed by atoms with E-state index < -0.39 is 4.92 Å². The second kappa shape index (κ2) is 6.02. The number of benzene rings is 1. The fourth-order valence-electron chi connectivity index (χ4n) is 4.03. The van der Waals surface area contributed by atoms with Gasteiger partial charge in [-0.3, -0.25) is 15.0 Å². The summed E-state index contributed by atoms with van der Waals surface area (Å²) in [5, 5.41) is 10.8. The van der Waals surface area contributed by atoms with E-state index in [-0.39, 0.29) is 11.4 Å². The number of likely N-dealkylation sites (tertiary alicyclic amines) is 1. The summed E-state index contributed by atoms with van der Waals surface area (Å²) in [6.07, 6.45) is 8.00. The van der Waals surface area contributed by atoms with Crippen LogP contribution in [0.3, 0.4) is 0 Å². The Hall–Kier alpha value is -1.62. The third-order valence-electron chi connectivity index (χ3n) is 5.03. The molecule has 0 radical (unpaired) electrons. The number of nitro benzene ring substituents is 1. The number of nitro groups is 1. The average Bonchev–Trinajstić information content (AvgIpc) is 2.47. The Balaban J connectivity index is 1.73. The van der Waals surface area contributed by atoms with Crippen molar-refractivity contribution in [1.29, 1.82) is 0 Å². The summed E-state index contributed by atoms with van der Waals surface area (Å²) < 4.78 is 0. The molecule has 0 bridgehead atoms. The quantitative estimate of drug-likeness (QED) is 0.526. The van der Waals surface area contributed by atoms with Gasteiger partial charge >= 0.3 is 0 Å². The molecule has 0 amide bonds. The summed E-state index contributed by atoms with van der Waals surface area (Å²) in [6.45, 7) is 2.00. The van der Waals surface area contributed by atoms with E-state index in [0.717, 1.165) is 24.6 Å². The van der Waals surface area contributed by atoms with Crippen molar-refractivity contribution in [1.82, 2.24) is 4.90 Å². The van der Waals surface area contributed by atoms with E-state index in [1.54, 1.807) is 6.07 Å². The van der Waals surface area contributed by atoms with E-state index in [0.29, 0.717) is 6.04 Å². The molecule has 1 saturated carbocycles. The van der Waals surface area contributed by atoms with Gasteiger partial charge in [-0.15, -0.1) is 0 Å². The molecule has 1 saturated heterocycles. The van der Waals surface area contributed by atoms with Crippen LogP contribution in [-0.2, 0) is 6.54 Å². The number of nitrogens with zero attached hydrogens (tertiary/aromatic N) is 2. The van der Waals surface area contributed by atoms with E-state index in [4.69, 9.17) is 5.73 Å². The highest BCUT2D eigenvalue weighted by Crippen LogP contribution is 2.36. The van der Waals surface area contributed by atoms with Crippen molar-refractivity contribution in [3.63, 3.8) is 0 Å². The van der Waals surface area contributed by atoms with Gasteiger partial charge in [0.2, 0.25) is 0 Å². The molecular weight excluding hydrogens is 266 g/mol. The fraction of sp³-hybridized carbons (Fsp3) is 0.625. The SMILES string of the molecule is Nc1cc(CN2CCC[C@H]3CCCC[C@H]32)ccc1[N+](=O)[O-]. The van der Waals surface area contributed by atoms with Gasteiger partial charge in [0.1, 0.15) is 5.69 Å². The lowest BCUT2D eigenvalue weighted by molar-refractivity contribution is -0.383. The largest absolute Gasteiger partial charge is 0.393 e. The minimum atomic E-state index is -0.419. The maximum Gasteiger partial charge on any atom is 0.292 e. The van der Waals surface area contributed by atoms with Crippen molar-refractivity contribution in [3.8, 4) is 0 Å². The smallest absolute Gasteiger partial charge is 0.292 e. The van der Waals surface area contributed by atoms with Gasteiger partial charge in [0.25, 0.3) is 5.69 Å². The van der Waals surface area contributed by atoms with Gasteiger partial charge in [0.15, 0.2) is 0 Å². The van der Waals surface area contributed by atoms with Gasteiger partial charge in [0, 0.05) is 18.7 Å². The van der Waals surface area contributed by atoms with Crippen LogP contribution in [0.2, 0.25) is 0 Å². The number of anilines is 1. The number of hydrogen-bond acceptors (Lipinski definition) is 4. The summed E-state index contributed by atoms with van der Waals surface area (Å²) in [4.78, 5) is 13.0. The predicted molar refractivity (Wildman–Crippen MR) is 82.9 cm³/mol. The van der Waals surface area contributed by atoms with E-state index in [1.165, 1.54) is 44.6 Å². The molecule has 1 aliphatic carbocycles. The zero-order valence-electron chi connectivity index (χ0n) is 12.3. The van der Waals surface area contributed by atoms with Crippen molar-refractivity contribution in [3.05, 3.63) is 33.9 Å². The zero-order chi connectivity index (χ0) is 14.8. The normalized spacial score (nSPS) is 26.3. The van der Waals surface area contributed by atoms with Gasteiger partial charge in [-0.1, -0.05) is 18.9 Å². The van der Waals surface area contributed by atoms with Gasteiger partial charge in [-0.25, -0.2) is 0 Å². The van der Waals surface area contributed by atoms with Gasteiger partial charge in [-0.2, -0.15) is 0 Å². The lowest BCUT2D eigenvalue weighted by Gasteiger charge is -2.44. The molecule has 1 aromatic rings. The lowest BCUT2D eigenvalue weighted by Crippen LogP contribution is -2.46. The van der Waals surface area contributed by atoms with E-state index in [9.17, 15) is 10.1 Å².